The summed E-state index contributed by atoms with van der Waals surface area (Å²) in [5.41, 5.74) is 0.666. The van der Waals surface area contributed by atoms with Crippen molar-refractivity contribution < 1.29 is 28.2 Å². The number of amides is 2. The lowest BCUT2D eigenvalue weighted by molar-refractivity contribution is 0.0594. The number of esters is 1. The molecule has 0 atom stereocenters. The van der Waals surface area contributed by atoms with Crippen molar-refractivity contribution in [1.82, 2.24) is 9.88 Å². The van der Waals surface area contributed by atoms with Gasteiger partial charge in [-0.05, 0) is 31.2 Å². The Morgan fingerprint density at radius 2 is 1.96 bits per heavy atom. The summed E-state index contributed by atoms with van der Waals surface area (Å²) < 4.78 is 20.3. The minimum Gasteiger partial charge on any atom is -0.494 e. The third-order valence-electron chi connectivity index (χ3n) is 3.54. The van der Waals surface area contributed by atoms with Crippen molar-refractivity contribution in [3.63, 3.8) is 0 Å². The minimum absolute atomic E-state index is 0.0473. The number of hydrogen-bond donors (Lipinski definition) is 1. The van der Waals surface area contributed by atoms with Gasteiger partial charge in [0.1, 0.15) is 12.0 Å². The number of benzene rings is 1. The number of ether oxygens (including phenoxy) is 3. The average Bonchev–Trinajstić information content (AvgIpc) is 3.14. The third-order valence-corrected chi connectivity index (χ3v) is 3.54. The van der Waals surface area contributed by atoms with Gasteiger partial charge in [0.2, 0.25) is 5.89 Å². The van der Waals surface area contributed by atoms with Crippen LogP contribution in [0.3, 0.4) is 0 Å². The Bertz CT molecular complexity index is 744. The molecular formula is C18H23N3O6. The number of oxazole rings is 1. The summed E-state index contributed by atoms with van der Waals surface area (Å²) >= 11 is 0. The Morgan fingerprint density at radius 1 is 1.22 bits per heavy atom. The second-order valence-electron chi connectivity index (χ2n) is 5.42. The van der Waals surface area contributed by atoms with Crippen LogP contribution in [-0.4, -0.2) is 55.9 Å². The molecule has 0 radical (unpaired) electrons. The average molecular weight is 377 g/mol. The van der Waals surface area contributed by atoms with Gasteiger partial charge in [0, 0.05) is 19.3 Å². The van der Waals surface area contributed by atoms with E-state index in [1.165, 1.54) is 18.3 Å². The number of anilines is 1. The number of rotatable bonds is 9. The maximum atomic E-state index is 12.6. The quantitative estimate of drug-likeness (QED) is 0.670. The molecule has 146 valence electrons. The molecule has 0 aliphatic rings. The number of hydrogen-bond acceptors (Lipinski definition) is 7. The van der Waals surface area contributed by atoms with Gasteiger partial charge in [-0.15, -0.1) is 0 Å². The first-order chi connectivity index (χ1) is 13.1. The molecule has 2 amide bonds. The molecule has 0 bridgehead atoms. The van der Waals surface area contributed by atoms with Crippen LogP contribution in [0.1, 0.15) is 23.3 Å². The molecule has 1 aromatic carbocycles. The first-order valence-corrected chi connectivity index (χ1v) is 8.37. The summed E-state index contributed by atoms with van der Waals surface area (Å²) in [4.78, 5) is 29.6. The molecular weight excluding hydrogens is 354 g/mol. The molecule has 1 heterocycles. The summed E-state index contributed by atoms with van der Waals surface area (Å²) in [7, 11) is 2.80. The number of methoxy groups -OCH3 is 2. The van der Waals surface area contributed by atoms with Crippen LogP contribution in [0.2, 0.25) is 0 Å². The SMILES string of the molecule is CCOc1ccc(NC(=O)N(CCOC)Cc2nc(C(=O)OC)co2)cc1. The first kappa shape index (κ1) is 20.2. The van der Waals surface area contributed by atoms with Gasteiger partial charge in [-0.2, -0.15) is 0 Å². The van der Waals surface area contributed by atoms with E-state index in [0.717, 1.165) is 5.75 Å². The maximum Gasteiger partial charge on any atom is 0.360 e. The highest BCUT2D eigenvalue weighted by atomic mass is 16.5. The fraction of sp³-hybridized carbons (Fsp3) is 0.389. The van der Waals surface area contributed by atoms with Crippen molar-refractivity contribution >= 4 is 17.7 Å². The van der Waals surface area contributed by atoms with E-state index >= 15 is 0 Å². The molecule has 2 rings (SSSR count). The van der Waals surface area contributed by atoms with Crippen molar-refractivity contribution in [1.29, 1.82) is 0 Å². The Balaban J connectivity index is 2.04. The molecule has 0 spiro atoms. The molecule has 0 fully saturated rings. The molecule has 9 heteroatoms. The van der Waals surface area contributed by atoms with Gasteiger partial charge >= 0.3 is 12.0 Å². The van der Waals surface area contributed by atoms with E-state index in [4.69, 9.17) is 13.9 Å². The van der Waals surface area contributed by atoms with E-state index < -0.39 is 5.97 Å². The van der Waals surface area contributed by atoms with E-state index in [0.29, 0.717) is 25.4 Å². The molecule has 0 saturated carbocycles. The molecule has 0 saturated heterocycles. The zero-order chi connectivity index (χ0) is 19.6. The van der Waals surface area contributed by atoms with E-state index in [1.54, 1.807) is 31.4 Å². The largest absolute Gasteiger partial charge is 0.494 e. The van der Waals surface area contributed by atoms with E-state index in [1.807, 2.05) is 6.92 Å². The Labute approximate surface area is 157 Å². The third kappa shape index (κ3) is 6.00. The number of nitrogens with one attached hydrogen (secondary N) is 1. The van der Waals surface area contributed by atoms with Gasteiger partial charge in [0.15, 0.2) is 5.69 Å². The van der Waals surface area contributed by atoms with Crippen LogP contribution in [0.25, 0.3) is 0 Å². The van der Waals surface area contributed by atoms with Crippen molar-refractivity contribution in [2.75, 3.05) is 39.3 Å². The van der Waals surface area contributed by atoms with Crippen LogP contribution in [-0.2, 0) is 16.0 Å². The molecule has 0 aliphatic carbocycles. The van der Waals surface area contributed by atoms with Crippen LogP contribution in [0.4, 0.5) is 10.5 Å². The summed E-state index contributed by atoms with van der Waals surface area (Å²) in [6.45, 7) is 3.19. The monoisotopic (exact) mass is 377 g/mol. The fourth-order valence-electron chi connectivity index (χ4n) is 2.20. The molecule has 0 aliphatic heterocycles. The number of urea groups is 1. The topological polar surface area (TPSA) is 103 Å². The lowest BCUT2D eigenvalue weighted by Gasteiger charge is -2.21. The van der Waals surface area contributed by atoms with Crippen molar-refractivity contribution in [2.24, 2.45) is 0 Å². The van der Waals surface area contributed by atoms with E-state index in [2.05, 4.69) is 15.0 Å². The zero-order valence-electron chi connectivity index (χ0n) is 15.6. The van der Waals surface area contributed by atoms with E-state index in [9.17, 15) is 9.59 Å². The van der Waals surface area contributed by atoms with Gasteiger partial charge in [0.25, 0.3) is 0 Å². The highest BCUT2D eigenvalue weighted by molar-refractivity contribution is 5.89. The predicted molar refractivity (Wildman–Crippen MR) is 96.8 cm³/mol. The van der Waals surface area contributed by atoms with Crippen LogP contribution >= 0.6 is 0 Å². The van der Waals surface area contributed by atoms with Gasteiger partial charge in [0.05, 0.1) is 26.9 Å². The second kappa shape index (κ2) is 10.2. The first-order valence-electron chi connectivity index (χ1n) is 8.37. The maximum absolute atomic E-state index is 12.6. The highest BCUT2D eigenvalue weighted by Crippen LogP contribution is 2.16. The van der Waals surface area contributed by atoms with Crippen molar-refractivity contribution in [3.05, 3.63) is 42.1 Å². The molecule has 2 aromatic rings. The van der Waals surface area contributed by atoms with Crippen LogP contribution in [0, 0.1) is 0 Å². The smallest absolute Gasteiger partial charge is 0.360 e. The Morgan fingerprint density at radius 3 is 2.59 bits per heavy atom. The van der Waals surface area contributed by atoms with E-state index in [-0.39, 0.29) is 24.2 Å². The van der Waals surface area contributed by atoms with Crippen LogP contribution in [0.5, 0.6) is 5.75 Å². The highest BCUT2D eigenvalue weighted by Gasteiger charge is 2.19. The summed E-state index contributed by atoms with van der Waals surface area (Å²) in [5, 5.41) is 2.80. The predicted octanol–water partition coefficient (Wildman–Crippen LogP) is 2.54. The Kier molecular flexibility index (Phi) is 7.63. The number of aromatic nitrogens is 1. The van der Waals surface area contributed by atoms with Gasteiger partial charge in [-0.1, -0.05) is 0 Å². The second-order valence-corrected chi connectivity index (χ2v) is 5.42. The standard InChI is InChI=1S/C18H23N3O6/c1-4-26-14-7-5-13(6-8-14)19-18(23)21(9-10-24-2)11-16-20-15(12-27-16)17(22)25-3/h5-8,12H,4,9-11H2,1-3H3,(H,19,23). The number of nitrogens with zero attached hydrogens (tertiary/aromatic N) is 2. The molecule has 9 nitrogen and oxygen atoms in total. The number of carbonyl (C=O) groups is 2. The minimum atomic E-state index is -0.604. The fourth-order valence-corrected chi connectivity index (χ4v) is 2.20. The van der Waals surface area contributed by atoms with Gasteiger partial charge in [-0.25, -0.2) is 14.6 Å². The van der Waals surface area contributed by atoms with Crippen molar-refractivity contribution in [3.8, 4) is 5.75 Å². The molecule has 1 aromatic heterocycles. The zero-order valence-corrected chi connectivity index (χ0v) is 15.6. The molecule has 1 N–H and O–H groups in total. The lowest BCUT2D eigenvalue weighted by Crippen LogP contribution is -2.37. The van der Waals surface area contributed by atoms with Gasteiger partial charge < -0.3 is 28.8 Å². The van der Waals surface area contributed by atoms with Crippen molar-refractivity contribution in [2.45, 2.75) is 13.5 Å². The van der Waals surface area contributed by atoms with Crippen LogP contribution < -0.4 is 10.1 Å². The molecule has 27 heavy (non-hydrogen) atoms. The lowest BCUT2D eigenvalue weighted by atomic mass is 10.3. The Hall–Kier alpha value is -3.07. The van der Waals surface area contributed by atoms with Gasteiger partial charge in [-0.3, -0.25) is 0 Å². The summed E-state index contributed by atoms with van der Waals surface area (Å²) in [6, 6.07) is 6.69. The van der Waals surface area contributed by atoms with Crippen LogP contribution in [0.15, 0.2) is 34.9 Å². The summed E-state index contributed by atoms with van der Waals surface area (Å²) in [5.74, 6) is 0.336. The normalized spacial score (nSPS) is 10.3. The number of carbonyl (C=O) groups excluding carboxylic acids is 2. The molecule has 0 unspecified atom stereocenters. The summed E-state index contributed by atoms with van der Waals surface area (Å²) in [6.07, 6.45) is 1.19.